The molecule has 0 atom stereocenters. The van der Waals surface area contributed by atoms with Crippen molar-refractivity contribution in [2.45, 2.75) is 33.8 Å². The maximum absolute atomic E-state index is 6.08. The van der Waals surface area contributed by atoms with Crippen molar-refractivity contribution in [1.82, 2.24) is 0 Å². The summed E-state index contributed by atoms with van der Waals surface area (Å²) in [7, 11) is 1.68. The second-order valence-corrected chi connectivity index (χ2v) is 7.60. The van der Waals surface area contributed by atoms with Crippen molar-refractivity contribution < 1.29 is 14.2 Å². The van der Waals surface area contributed by atoms with Crippen molar-refractivity contribution >= 4 is 5.57 Å². The van der Waals surface area contributed by atoms with Crippen LogP contribution in [0.3, 0.4) is 0 Å². The molecule has 0 radical (unpaired) electrons. The van der Waals surface area contributed by atoms with Gasteiger partial charge in [0.25, 0.3) is 0 Å². The largest absolute Gasteiger partial charge is 0.497 e. The molecule has 0 aromatic heterocycles. The fraction of sp³-hybridized carbons (Fsp3) is 0.231. The topological polar surface area (TPSA) is 27.7 Å². The fourth-order valence-corrected chi connectivity index (χ4v) is 3.83. The number of benzene rings is 3. The number of methoxy groups -OCH3 is 1. The third-order valence-corrected chi connectivity index (χ3v) is 5.43. The number of fused-ring (bicyclic) bond motifs is 1. The lowest BCUT2D eigenvalue weighted by Crippen LogP contribution is -2.04. The number of hydrogen-bond donors (Lipinski definition) is 0. The first-order valence-corrected chi connectivity index (χ1v) is 9.86. The molecule has 0 spiro atoms. The van der Waals surface area contributed by atoms with E-state index in [-0.39, 0.29) is 0 Å². The summed E-state index contributed by atoms with van der Waals surface area (Å²) in [4.78, 5) is 0. The summed E-state index contributed by atoms with van der Waals surface area (Å²) in [5.41, 5.74) is 8.52. The van der Waals surface area contributed by atoms with Crippen molar-refractivity contribution in [3.05, 3.63) is 94.2 Å². The van der Waals surface area contributed by atoms with Crippen molar-refractivity contribution in [2.24, 2.45) is 0 Å². The van der Waals surface area contributed by atoms with Gasteiger partial charge in [0.2, 0.25) is 0 Å². The van der Waals surface area contributed by atoms with E-state index >= 15 is 0 Å². The van der Waals surface area contributed by atoms with Crippen molar-refractivity contribution in [1.29, 1.82) is 0 Å². The summed E-state index contributed by atoms with van der Waals surface area (Å²) in [5.74, 6) is 2.54. The van der Waals surface area contributed by atoms with Gasteiger partial charge in [0.05, 0.1) is 13.4 Å². The van der Waals surface area contributed by atoms with Gasteiger partial charge < -0.3 is 14.2 Å². The Balaban J connectivity index is 1.47. The highest BCUT2D eigenvalue weighted by molar-refractivity contribution is 5.70. The number of ether oxygens (including phenoxy) is 3. The average Bonchev–Trinajstić information content (AvgIpc) is 2.72. The van der Waals surface area contributed by atoms with Gasteiger partial charge in [0, 0.05) is 12.5 Å². The van der Waals surface area contributed by atoms with Crippen LogP contribution in [-0.4, -0.2) is 7.11 Å². The van der Waals surface area contributed by atoms with Gasteiger partial charge in [-0.2, -0.15) is 0 Å². The van der Waals surface area contributed by atoms with Crippen LogP contribution < -0.4 is 14.2 Å². The Kier molecular flexibility index (Phi) is 5.30. The molecule has 29 heavy (non-hydrogen) atoms. The Hall–Kier alpha value is -3.20. The zero-order valence-corrected chi connectivity index (χ0v) is 17.4. The highest BCUT2D eigenvalue weighted by Gasteiger charge is 2.15. The summed E-state index contributed by atoms with van der Waals surface area (Å²) in [5, 5.41) is 0. The molecule has 0 aliphatic carbocycles. The molecule has 0 unspecified atom stereocenters. The molecule has 0 N–H and O–H groups in total. The molecule has 0 fully saturated rings. The molecule has 0 bridgehead atoms. The van der Waals surface area contributed by atoms with Crippen LogP contribution in [-0.2, 0) is 13.0 Å². The van der Waals surface area contributed by atoms with Crippen molar-refractivity contribution in [2.75, 3.05) is 7.11 Å². The van der Waals surface area contributed by atoms with Gasteiger partial charge in [-0.05, 0) is 72.4 Å². The maximum atomic E-state index is 6.08. The molecule has 148 valence electrons. The minimum Gasteiger partial charge on any atom is -0.497 e. The zero-order valence-electron chi connectivity index (χ0n) is 17.4. The van der Waals surface area contributed by atoms with Crippen molar-refractivity contribution in [3.8, 4) is 17.2 Å². The molecule has 1 aliphatic rings. The lowest BCUT2D eigenvalue weighted by atomic mass is 9.97. The molecule has 0 saturated carbocycles. The van der Waals surface area contributed by atoms with Gasteiger partial charge in [0.1, 0.15) is 23.9 Å². The molecule has 3 aromatic rings. The van der Waals surface area contributed by atoms with Gasteiger partial charge in [-0.25, -0.2) is 0 Å². The van der Waals surface area contributed by atoms with E-state index in [0.29, 0.717) is 6.61 Å². The molecular formula is C26H26O3. The first-order chi connectivity index (χ1) is 14.0. The predicted molar refractivity (Wildman–Crippen MR) is 117 cm³/mol. The highest BCUT2D eigenvalue weighted by atomic mass is 16.5. The van der Waals surface area contributed by atoms with E-state index < -0.39 is 0 Å². The van der Waals surface area contributed by atoms with E-state index in [1.807, 2.05) is 30.5 Å². The summed E-state index contributed by atoms with van der Waals surface area (Å²) in [6, 6.07) is 18.6. The SMILES string of the molecule is COc1ccc(C2=COc3cc(OCc4c(C)cc(C)cc4C)ccc3C2)cc1. The molecule has 0 amide bonds. The lowest BCUT2D eigenvalue weighted by molar-refractivity contribution is 0.302. The first kappa shape index (κ1) is 19.1. The van der Waals surface area contributed by atoms with Crippen LogP contribution in [0.4, 0.5) is 0 Å². The Labute approximate surface area is 172 Å². The molecule has 3 aromatic carbocycles. The molecule has 4 rings (SSSR count). The average molecular weight is 386 g/mol. The quantitative estimate of drug-likeness (QED) is 0.524. The predicted octanol–water partition coefficient (Wildman–Crippen LogP) is 6.18. The third-order valence-electron chi connectivity index (χ3n) is 5.43. The van der Waals surface area contributed by atoms with E-state index in [2.05, 4.69) is 51.1 Å². The Morgan fingerprint density at radius 2 is 1.55 bits per heavy atom. The monoisotopic (exact) mass is 386 g/mol. The van der Waals surface area contributed by atoms with Crippen LogP contribution in [0.2, 0.25) is 0 Å². The van der Waals surface area contributed by atoms with E-state index in [1.165, 1.54) is 22.3 Å². The molecule has 1 heterocycles. The number of rotatable bonds is 5. The van der Waals surface area contributed by atoms with Crippen LogP contribution in [0, 0.1) is 20.8 Å². The Morgan fingerprint density at radius 3 is 2.24 bits per heavy atom. The van der Waals surface area contributed by atoms with E-state index in [9.17, 15) is 0 Å². The summed E-state index contributed by atoms with van der Waals surface area (Å²) < 4.78 is 17.2. The minimum atomic E-state index is 0.559. The summed E-state index contributed by atoms with van der Waals surface area (Å²) >= 11 is 0. The highest BCUT2D eigenvalue weighted by Crippen LogP contribution is 2.34. The first-order valence-electron chi connectivity index (χ1n) is 9.86. The number of aryl methyl sites for hydroxylation is 3. The van der Waals surface area contributed by atoms with Crippen molar-refractivity contribution in [3.63, 3.8) is 0 Å². The minimum absolute atomic E-state index is 0.559. The Morgan fingerprint density at radius 1 is 0.862 bits per heavy atom. The normalized spacial score (nSPS) is 12.6. The summed E-state index contributed by atoms with van der Waals surface area (Å²) in [6.07, 6.45) is 2.67. The second-order valence-electron chi connectivity index (χ2n) is 7.60. The van der Waals surface area contributed by atoms with Crippen LogP contribution in [0.5, 0.6) is 17.2 Å². The van der Waals surface area contributed by atoms with E-state index in [1.54, 1.807) is 7.11 Å². The van der Waals surface area contributed by atoms with Crippen LogP contribution in [0.15, 0.2) is 60.9 Å². The van der Waals surface area contributed by atoms with Crippen LogP contribution >= 0.6 is 0 Å². The standard InChI is InChI=1S/C26H26O3/c1-17-11-18(2)25(19(3)12-17)16-28-24-10-7-21-13-22(15-29-26(21)14-24)20-5-8-23(27-4)9-6-20/h5-12,14-15H,13,16H2,1-4H3. The zero-order chi connectivity index (χ0) is 20.4. The smallest absolute Gasteiger partial charge is 0.133 e. The molecular weight excluding hydrogens is 360 g/mol. The molecule has 3 heteroatoms. The summed E-state index contributed by atoms with van der Waals surface area (Å²) in [6.45, 7) is 6.96. The van der Waals surface area contributed by atoms with E-state index in [0.717, 1.165) is 40.4 Å². The lowest BCUT2D eigenvalue weighted by Gasteiger charge is -2.19. The van der Waals surface area contributed by atoms with Gasteiger partial charge >= 0.3 is 0 Å². The van der Waals surface area contributed by atoms with Gasteiger partial charge in [-0.15, -0.1) is 0 Å². The maximum Gasteiger partial charge on any atom is 0.133 e. The molecule has 1 aliphatic heterocycles. The van der Waals surface area contributed by atoms with Gasteiger partial charge in [-0.1, -0.05) is 35.9 Å². The van der Waals surface area contributed by atoms with E-state index in [4.69, 9.17) is 14.2 Å². The fourth-order valence-electron chi connectivity index (χ4n) is 3.83. The van der Waals surface area contributed by atoms with Gasteiger partial charge in [0.15, 0.2) is 0 Å². The number of hydrogen-bond acceptors (Lipinski definition) is 3. The third kappa shape index (κ3) is 4.14. The van der Waals surface area contributed by atoms with Crippen LogP contribution in [0.25, 0.3) is 5.57 Å². The molecule has 3 nitrogen and oxygen atoms in total. The van der Waals surface area contributed by atoms with Gasteiger partial charge in [-0.3, -0.25) is 0 Å². The van der Waals surface area contributed by atoms with Crippen LogP contribution in [0.1, 0.15) is 33.4 Å². The second kappa shape index (κ2) is 8.04. The number of allylic oxidation sites excluding steroid dienone is 1. The Bertz CT molecular complexity index is 1040. The molecule has 0 saturated heterocycles.